The maximum absolute atomic E-state index is 11.9. The first kappa shape index (κ1) is 13.1. The molecule has 2 aliphatic rings. The van der Waals surface area contributed by atoms with E-state index >= 15 is 0 Å². The van der Waals surface area contributed by atoms with Gasteiger partial charge in [-0.1, -0.05) is 5.16 Å². The second kappa shape index (κ2) is 6.01. The summed E-state index contributed by atoms with van der Waals surface area (Å²) in [6.45, 7) is 4.90. The lowest BCUT2D eigenvalue weighted by molar-refractivity contribution is -0.129. The van der Waals surface area contributed by atoms with Gasteiger partial charge in [0.05, 0.1) is 19.6 Å². The van der Waals surface area contributed by atoms with Crippen LogP contribution in [-0.4, -0.2) is 72.2 Å². The number of carbonyl (C=O) groups excluding carboxylic acids is 1. The number of nitrogens with zero attached hydrogens (tertiary/aromatic N) is 3. The van der Waals surface area contributed by atoms with E-state index in [0.717, 1.165) is 45.8 Å². The molecule has 0 aromatic carbocycles. The van der Waals surface area contributed by atoms with Crippen LogP contribution in [0.1, 0.15) is 12.8 Å². The minimum Gasteiger partial charge on any atom is -0.409 e. The zero-order valence-electron chi connectivity index (χ0n) is 10.4. The molecule has 1 unspecified atom stereocenters. The molecule has 0 aliphatic carbocycles. The van der Waals surface area contributed by atoms with Crippen molar-refractivity contribution in [1.82, 2.24) is 9.80 Å². The Kier molecular flexibility index (Phi) is 4.38. The van der Waals surface area contributed by atoms with Gasteiger partial charge in [-0.2, -0.15) is 0 Å². The molecule has 0 aromatic heterocycles. The Morgan fingerprint density at radius 3 is 2.78 bits per heavy atom. The molecule has 1 amide bonds. The highest BCUT2D eigenvalue weighted by Crippen LogP contribution is 2.17. The van der Waals surface area contributed by atoms with Crippen molar-refractivity contribution in [3.63, 3.8) is 0 Å². The molecule has 0 saturated carbocycles. The molecule has 0 bridgehead atoms. The Labute approximate surface area is 106 Å². The number of ether oxygens (including phenoxy) is 1. The maximum atomic E-state index is 11.9. The van der Waals surface area contributed by atoms with E-state index in [-0.39, 0.29) is 18.2 Å². The average molecular weight is 256 g/mol. The van der Waals surface area contributed by atoms with Gasteiger partial charge in [0.1, 0.15) is 5.84 Å². The van der Waals surface area contributed by atoms with Crippen LogP contribution in [0.4, 0.5) is 0 Å². The minimum atomic E-state index is -0.0685. The molecule has 102 valence electrons. The highest BCUT2D eigenvalue weighted by atomic mass is 16.5. The molecular weight excluding hydrogens is 236 g/mol. The van der Waals surface area contributed by atoms with Gasteiger partial charge in [-0.05, 0) is 6.42 Å². The van der Waals surface area contributed by atoms with Crippen LogP contribution in [0.25, 0.3) is 0 Å². The van der Waals surface area contributed by atoms with E-state index < -0.39 is 0 Å². The zero-order valence-corrected chi connectivity index (χ0v) is 10.4. The fourth-order valence-electron chi connectivity index (χ4n) is 2.51. The summed E-state index contributed by atoms with van der Waals surface area (Å²) in [5.74, 6) is -0.101. The van der Waals surface area contributed by atoms with Crippen molar-refractivity contribution in [2.45, 2.75) is 18.9 Å². The predicted octanol–water partition coefficient (Wildman–Crippen LogP) is -0.944. The lowest BCUT2D eigenvalue weighted by atomic mass is 10.2. The number of morpholine rings is 1. The first-order valence-electron chi connectivity index (χ1n) is 6.26. The molecule has 1 atom stereocenters. The molecule has 0 spiro atoms. The van der Waals surface area contributed by atoms with E-state index in [1.807, 2.05) is 0 Å². The fourth-order valence-corrected chi connectivity index (χ4v) is 2.51. The second-order valence-electron chi connectivity index (χ2n) is 4.70. The first-order valence-corrected chi connectivity index (χ1v) is 6.26. The quantitative estimate of drug-likeness (QED) is 0.294. The standard InChI is InChI=1S/C11H20N4O3/c12-10(13-17)7-11(16)15-2-1-9(8-15)14-3-5-18-6-4-14/h9,17H,1-8H2,(H2,12,13). The van der Waals surface area contributed by atoms with E-state index in [0.29, 0.717) is 6.04 Å². The third-order valence-corrected chi connectivity index (χ3v) is 3.54. The average Bonchev–Trinajstić information content (AvgIpc) is 2.89. The summed E-state index contributed by atoms with van der Waals surface area (Å²) in [4.78, 5) is 16.0. The van der Waals surface area contributed by atoms with Gasteiger partial charge in [-0.25, -0.2) is 0 Å². The van der Waals surface area contributed by atoms with Crippen molar-refractivity contribution in [2.24, 2.45) is 10.9 Å². The molecule has 0 aromatic rings. The number of rotatable bonds is 3. The third kappa shape index (κ3) is 3.11. The van der Waals surface area contributed by atoms with Crippen LogP contribution in [0.3, 0.4) is 0 Å². The van der Waals surface area contributed by atoms with Crippen molar-refractivity contribution >= 4 is 11.7 Å². The van der Waals surface area contributed by atoms with Gasteiger partial charge in [0.15, 0.2) is 0 Å². The van der Waals surface area contributed by atoms with Crippen molar-refractivity contribution in [1.29, 1.82) is 0 Å². The highest BCUT2D eigenvalue weighted by Gasteiger charge is 2.31. The first-order chi connectivity index (χ1) is 8.70. The number of amidine groups is 1. The number of carbonyl (C=O) groups is 1. The van der Waals surface area contributed by atoms with Crippen molar-refractivity contribution in [3.05, 3.63) is 0 Å². The highest BCUT2D eigenvalue weighted by molar-refractivity contribution is 5.98. The summed E-state index contributed by atoms with van der Waals surface area (Å²) >= 11 is 0. The summed E-state index contributed by atoms with van der Waals surface area (Å²) in [6.07, 6.45) is 0.980. The molecule has 7 heteroatoms. The second-order valence-corrected chi connectivity index (χ2v) is 4.70. The van der Waals surface area contributed by atoms with Crippen molar-refractivity contribution in [2.75, 3.05) is 39.4 Å². The number of hydrogen-bond donors (Lipinski definition) is 2. The van der Waals surface area contributed by atoms with E-state index in [1.54, 1.807) is 4.90 Å². The summed E-state index contributed by atoms with van der Waals surface area (Å²) in [6, 6.07) is 0.421. The van der Waals surface area contributed by atoms with Crippen LogP contribution >= 0.6 is 0 Å². The fraction of sp³-hybridized carbons (Fsp3) is 0.818. The van der Waals surface area contributed by atoms with Crippen LogP contribution in [0, 0.1) is 0 Å². The number of amides is 1. The monoisotopic (exact) mass is 256 g/mol. The number of nitrogens with two attached hydrogens (primary N) is 1. The van der Waals surface area contributed by atoms with Crippen molar-refractivity contribution < 1.29 is 14.7 Å². The van der Waals surface area contributed by atoms with Gasteiger partial charge in [-0.15, -0.1) is 0 Å². The smallest absolute Gasteiger partial charge is 0.230 e. The molecule has 2 saturated heterocycles. The van der Waals surface area contributed by atoms with Crippen LogP contribution in [0.5, 0.6) is 0 Å². The Morgan fingerprint density at radius 1 is 1.39 bits per heavy atom. The van der Waals surface area contributed by atoms with E-state index in [4.69, 9.17) is 15.7 Å². The molecular formula is C11H20N4O3. The van der Waals surface area contributed by atoms with Crippen molar-refractivity contribution in [3.8, 4) is 0 Å². The molecule has 2 aliphatic heterocycles. The Hall–Kier alpha value is -1.34. The van der Waals surface area contributed by atoms with Gasteiger partial charge in [-0.3, -0.25) is 9.69 Å². The van der Waals surface area contributed by atoms with Crippen LogP contribution in [0.2, 0.25) is 0 Å². The topological polar surface area (TPSA) is 91.4 Å². The number of hydrogen-bond acceptors (Lipinski definition) is 5. The van der Waals surface area contributed by atoms with Gasteiger partial charge in [0.25, 0.3) is 0 Å². The zero-order chi connectivity index (χ0) is 13.0. The summed E-state index contributed by atoms with van der Waals surface area (Å²) in [7, 11) is 0. The molecule has 2 fully saturated rings. The maximum Gasteiger partial charge on any atom is 0.230 e. The SMILES string of the molecule is NC(CC(=O)N1CCC(N2CCOCC2)C1)=NO. The molecule has 3 N–H and O–H groups in total. The number of oxime groups is 1. The molecule has 7 nitrogen and oxygen atoms in total. The Balaban J connectivity index is 1.82. The predicted molar refractivity (Wildman–Crippen MR) is 65.4 cm³/mol. The molecule has 0 radical (unpaired) electrons. The lowest BCUT2D eigenvalue weighted by Crippen LogP contribution is -2.45. The van der Waals surface area contributed by atoms with Gasteiger partial charge in [0.2, 0.25) is 5.91 Å². The van der Waals surface area contributed by atoms with Crippen LogP contribution in [0.15, 0.2) is 5.16 Å². The van der Waals surface area contributed by atoms with E-state index in [1.165, 1.54) is 0 Å². The normalized spacial score (nSPS) is 26.6. The van der Waals surface area contributed by atoms with Crippen LogP contribution in [-0.2, 0) is 9.53 Å². The van der Waals surface area contributed by atoms with Gasteiger partial charge < -0.3 is 20.6 Å². The molecule has 18 heavy (non-hydrogen) atoms. The lowest BCUT2D eigenvalue weighted by Gasteiger charge is -2.32. The summed E-state index contributed by atoms with van der Waals surface area (Å²) < 4.78 is 5.32. The van der Waals surface area contributed by atoms with Gasteiger partial charge in [0, 0.05) is 32.2 Å². The molecule has 2 heterocycles. The van der Waals surface area contributed by atoms with E-state index in [2.05, 4.69) is 10.1 Å². The molecule has 2 rings (SSSR count). The largest absolute Gasteiger partial charge is 0.409 e. The van der Waals surface area contributed by atoms with E-state index in [9.17, 15) is 4.79 Å². The minimum absolute atomic E-state index is 0.00761. The van der Waals surface area contributed by atoms with Gasteiger partial charge >= 0.3 is 0 Å². The van der Waals surface area contributed by atoms with Crippen LogP contribution < -0.4 is 5.73 Å². The Morgan fingerprint density at radius 2 is 2.11 bits per heavy atom. The summed E-state index contributed by atoms with van der Waals surface area (Å²) in [5.41, 5.74) is 5.34. The number of likely N-dealkylation sites (tertiary alicyclic amines) is 1. The summed E-state index contributed by atoms with van der Waals surface area (Å²) in [5, 5.41) is 11.3. The third-order valence-electron chi connectivity index (χ3n) is 3.54. The Bertz CT molecular complexity index is 328.